The molecule has 6 aliphatic rings. The molecule has 4 saturated carbocycles. The molecule has 2 unspecified atom stereocenters. The maximum atomic E-state index is 14.1. The number of ketones is 1. The van der Waals surface area contributed by atoms with Crippen LogP contribution in [0.3, 0.4) is 0 Å². The summed E-state index contributed by atoms with van der Waals surface area (Å²) in [5, 5.41) is 8.78. The highest BCUT2D eigenvalue weighted by molar-refractivity contribution is 6.37. The molecule has 6 fully saturated rings. The van der Waals surface area contributed by atoms with Gasteiger partial charge in [0.15, 0.2) is 0 Å². The number of rotatable bonds is 13. The molecule has 2 spiro atoms. The van der Waals surface area contributed by atoms with Crippen LogP contribution in [0.15, 0.2) is 0 Å². The van der Waals surface area contributed by atoms with Crippen LogP contribution in [0.1, 0.15) is 111 Å². The maximum absolute atomic E-state index is 14.1. The van der Waals surface area contributed by atoms with E-state index in [1.54, 1.807) is 4.90 Å². The summed E-state index contributed by atoms with van der Waals surface area (Å²) in [6.45, 7) is 10.6. The van der Waals surface area contributed by atoms with E-state index >= 15 is 0 Å². The lowest BCUT2D eigenvalue weighted by molar-refractivity contribution is -0.142. The first-order valence-corrected chi connectivity index (χ1v) is 19.5. The van der Waals surface area contributed by atoms with Gasteiger partial charge in [-0.05, 0) is 75.0 Å². The van der Waals surface area contributed by atoms with Crippen molar-refractivity contribution in [1.82, 2.24) is 25.8 Å². The van der Waals surface area contributed by atoms with Crippen LogP contribution >= 0.6 is 0 Å². The lowest BCUT2D eigenvalue weighted by Crippen LogP contribution is -2.62. The summed E-state index contributed by atoms with van der Waals surface area (Å²) in [4.78, 5) is 84.3. The zero-order valence-electron chi connectivity index (χ0n) is 31.2. The largest absolute Gasteiger partial charge is 0.379 e. The number of hydrogen-bond donors (Lipinski definition) is 4. The lowest BCUT2D eigenvalue weighted by Gasteiger charge is -2.41. The van der Waals surface area contributed by atoms with Crippen molar-refractivity contribution in [1.29, 1.82) is 0 Å². The second kappa shape index (κ2) is 14.4. The molecule has 13 nitrogen and oxygen atoms in total. The average molecular weight is 713 g/mol. The minimum absolute atomic E-state index is 0.0481. The van der Waals surface area contributed by atoms with Crippen LogP contribution in [-0.2, 0) is 33.5 Å². The van der Waals surface area contributed by atoms with Gasteiger partial charge in [0.1, 0.15) is 12.1 Å². The zero-order valence-corrected chi connectivity index (χ0v) is 31.2. The Labute approximate surface area is 302 Å². The lowest BCUT2D eigenvalue weighted by atomic mass is 9.73. The smallest absolute Gasteiger partial charge is 0.287 e. The van der Waals surface area contributed by atoms with Crippen LogP contribution < -0.4 is 21.7 Å². The highest BCUT2D eigenvalue weighted by Gasteiger charge is 2.85. The van der Waals surface area contributed by atoms with E-state index in [-0.39, 0.29) is 46.4 Å². The fraction of sp³-hybridized carbons (Fsp3) is 0.842. The molecule has 4 atom stereocenters. The molecule has 2 saturated heterocycles. The van der Waals surface area contributed by atoms with E-state index in [1.807, 2.05) is 13.8 Å². The van der Waals surface area contributed by atoms with Crippen molar-refractivity contribution in [2.75, 3.05) is 39.4 Å². The Balaban J connectivity index is 1.17. The fourth-order valence-corrected chi connectivity index (χ4v) is 10.7. The summed E-state index contributed by atoms with van der Waals surface area (Å²) < 4.78 is 5.49. The molecule has 13 heteroatoms. The predicted molar refractivity (Wildman–Crippen MR) is 189 cm³/mol. The number of fused-ring (bicyclic) bond motifs is 1. The summed E-state index contributed by atoms with van der Waals surface area (Å²) in [7, 11) is 0. The van der Waals surface area contributed by atoms with Crippen LogP contribution in [0, 0.1) is 28.1 Å². The molecular formula is C38H60N6O7. The van der Waals surface area contributed by atoms with Gasteiger partial charge in [-0.2, -0.15) is 0 Å². The van der Waals surface area contributed by atoms with Gasteiger partial charge in [-0.15, -0.1) is 0 Å². The molecule has 5 N–H and O–H groups in total. The molecule has 0 aromatic rings. The first-order chi connectivity index (χ1) is 24.1. The van der Waals surface area contributed by atoms with Crippen molar-refractivity contribution in [3.8, 4) is 0 Å². The summed E-state index contributed by atoms with van der Waals surface area (Å²) in [6.07, 6.45) is 11.6. The number of hydrogen-bond acceptors (Lipinski definition) is 8. The van der Waals surface area contributed by atoms with Gasteiger partial charge in [0.05, 0.1) is 31.3 Å². The average Bonchev–Trinajstić information content (AvgIpc) is 3.29. The van der Waals surface area contributed by atoms with Crippen molar-refractivity contribution >= 4 is 35.3 Å². The third-order valence-electron chi connectivity index (χ3n) is 14.6. The molecule has 4 aliphatic carbocycles. The van der Waals surface area contributed by atoms with E-state index in [4.69, 9.17) is 10.5 Å². The molecule has 284 valence electrons. The van der Waals surface area contributed by atoms with Gasteiger partial charge < -0.3 is 31.3 Å². The van der Waals surface area contributed by atoms with E-state index in [0.29, 0.717) is 45.7 Å². The number of nitrogens with one attached hydrogen (secondary N) is 3. The van der Waals surface area contributed by atoms with Crippen LogP contribution in [0.25, 0.3) is 0 Å². The van der Waals surface area contributed by atoms with Gasteiger partial charge >= 0.3 is 0 Å². The van der Waals surface area contributed by atoms with E-state index in [9.17, 15) is 28.8 Å². The summed E-state index contributed by atoms with van der Waals surface area (Å²) in [5.41, 5.74) is 4.26. The highest BCUT2D eigenvalue weighted by Crippen LogP contribution is 2.88. The quantitative estimate of drug-likeness (QED) is 0.209. The number of morpholine rings is 1. The van der Waals surface area contributed by atoms with Gasteiger partial charge in [0, 0.05) is 25.0 Å². The molecule has 2 heterocycles. The van der Waals surface area contributed by atoms with E-state index in [1.165, 1.54) is 0 Å². The predicted octanol–water partition coefficient (Wildman–Crippen LogP) is 1.81. The molecule has 51 heavy (non-hydrogen) atoms. The molecule has 0 bridgehead atoms. The van der Waals surface area contributed by atoms with E-state index < -0.39 is 47.2 Å². The maximum Gasteiger partial charge on any atom is 0.287 e. The Bertz CT molecular complexity index is 1390. The van der Waals surface area contributed by atoms with E-state index in [0.717, 1.165) is 70.6 Å². The van der Waals surface area contributed by atoms with Crippen LogP contribution in [-0.4, -0.2) is 108 Å². The number of likely N-dealkylation sites (tertiary alicyclic amines) is 1. The summed E-state index contributed by atoms with van der Waals surface area (Å²) in [6, 6.07) is -2.66. The standard InChI is InChI=1S/C38H60N6O7/c1-35(2,43-16-18-51-19-17-43)34(50)42-29(25-12-6-5-7-13-25)33(49)40-22-28(45)44-23-38(36(3,4)37(38)14-9-15-37)21-27(44)32(48)41-26(30(46)31(39)47)20-24-10-8-11-24/h24-27,29H,5-23H2,1-4H3,(H2,39,47)(H,40,49)(H,41,48)(H,42,50)/t26?,27-,29?,38+/m0/s1. The van der Waals surface area contributed by atoms with Crippen LogP contribution in [0.2, 0.25) is 0 Å². The van der Waals surface area contributed by atoms with E-state index in [2.05, 4.69) is 34.7 Å². The number of primary amides is 1. The minimum Gasteiger partial charge on any atom is -0.379 e. The number of ether oxygens (including phenoxy) is 1. The number of amides is 5. The van der Waals surface area contributed by atoms with Gasteiger partial charge in [-0.3, -0.25) is 33.7 Å². The molecule has 0 aromatic heterocycles. The number of nitrogens with zero attached hydrogens (tertiary/aromatic N) is 2. The number of Topliss-reactive ketones (excluding diaryl/α,β-unsaturated/α-hetero) is 1. The van der Waals surface area contributed by atoms with Gasteiger partial charge in [-0.25, -0.2) is 0 Å². The van der Waals surface area contributed by atoms with Crippen molar-refractivity contribution in [3.05, 3.63) is 0 Å². The third-order valence-corrected chi connectivity index (χ3v) is 14.6. The molecular weight excluding hydrogens is 652 g/mol. The summed E-state index contributed by atoms with van der Waals surface area (Å²) in [5.74, 6) is -3.18. The minimum atomic E-state index is -1.08. The third kappa shape index (κ3) is 6.70. The monoisotopic (exact) mass is 712 g/mol. The Morgan fingerprint density at radius 1 is 0.882 bits per heavy atom. The van der Waals surface area contributed by atoms with Crippen LogP contribution in [0.4, 0.5) is 0 Å². The number of carbonyl (C=O) groups excluding carboxylic acids is 6. The molecule has 6 rings (SSSR count). The first-order valence-electron chi connectivity index (χ1n) is 19.5. The normalized spacial score (nSPS) is 28.6. The Hall–Kier alpha value is -3.06. The molecule has 0 radical (unpaired) electrons. The topological polar surface area (TPSA) is 180 Å². The molecule has 2 aliphatic heterocycles. The Kier molecular flexibility index (Phi) is 10.6. The SMILES string of the molecule is CC(C)(C(=O)NC(C(=O)NCC(=O)N1C[C@]2(C[C@H]1C(=O)NC(CC1CCC1)C(=O)C(N)=O)C(C)(C)C21CCC1)C1CCCCC1)N1CCOCC1. The fourth-order valence-electron chi connectivity index (χ4n) is 10.7. The van der Waals surface area contributed by atoms with Crippen LogP contribution in [0.5, 0.6) is 0 Å². The Morgan fingerprint density at radius 3 is 2.10 bits per heavy atom. The highest BCUT2D eigenvalue weighted by atomic mass is 16.5. The summed E-state index contributed by atoms with van der Waals surface area (Å²) >= 11 is 0. The number of carbonyl (C=O) groups is 6. The van der Waals surface area contributed by atoms with Crippen molar-refractivity contribution in [2.24, 2.45) is 33.8 Å². The molecule has 0 aromatic carbocycles. The van der Waals surface area contributed by atoms with Gasteiger partial charge in [0.25, 0.3) is 5.91 Å². The molecule has 5 amide bonds. The second-order valence-electron chi connectivity index (χ2n) is 17.4. The number of nitrogens with two attached hydrogens (primary N) is 1. The van der Waals surface area contributed by atoms with Crippen molar-refractivity contribution < 1.29 is 33.5 Å². The van der Waals surface area contributed by atoms with Crippen molar-refractivity contribution in [3.63, 3.8) is 0 Å². The second-order valence-corrected chi connectivity index (χ2v) is 17.4. The van der Waals surface area contributed by atoms with Gasteiger partial charge in [-0.1, -0.05) is 58.8 Å². The van der Waals surface area contributed by atoms with Crippen molar-refractivity contribution in [2.45, 2.75) is 135 Å². The zero-order chi connectivity index (χ0) is 36.8. The first kappa shape index (κ1) is 37.7. The van der Waals surface area contributed by atoms with Gasteiger partial charge in [0.2, 0.25) is 29.4 Å². The Morgan fingerprint density at radius 2 is 1.55 bits per heavy atom.